The van der Waals surface area contributed by atoms with Crippen molar-refractivity contribution in [1.82, 2.24) is 9.97 Å². The van der Waals surface area contributed by atoms with E-state index in [1.165, 1.54) is 17.3 Å². The number of hydrogen-bond donors (Lipinski definition) is 3. The van der Waals surface area contributed by atoms with Gasteiger partial charge in [0.1, 0.15) is 0 Å². The summed E-state index contributed by atoms with van der Waals surface area (Å²) in [7, 11) is 0. The fourth-order valence-corrected chi connectivity index (χ4v) is 2.51. The van der Waals surface area contributed by atoms with Crippen LogP contribution in [-0.4, -0.2) is 33.0 Å². The fraction of sp³-hybridized carbons (Fsp3) is 0.417. The summed E-state index contributed by atoms with van der Waals surface area (Å²) in [6.45, 7) is 3.99. The highest BCUT2D eigenvalue weighted by molar-refractivity contribution is 7.99. The van der Waals surface area contributed by atoms with Gasteiger partial charge in [-0.1, -0.05) is 17.8 Å². The van der Waals surface area contributed by atoms with Gasteiger partial charge in [-0.3, -0.25) is 0 Å². The second kappa shape index (κ2) is 5.08. The van der Waals surface area contributed by atoms with Gasteiger partial charge in [0.15, 0.2) is 5.16 Å². The Labute approximate surface area is 105 Å². The van der Waals surface area contributed by atoms with Crippen LogP contribution < -0.4 is 5.73 Å². The predicted octanol–water partition coefficient (Wildman–Crippen LogP) is 1.67. The molecule has 2 rings (SSSR count). The van der Waals surface area contributed by atoms with Gasteiger partial charge in [-0.15, -0.1) is 0 Å². The van der Waals surface area contributed by atoms with Crippen LogP contribution in [0.3, 0.4) is 0 Å². The smallest absolute Gasteiger partial charge is 0.166 e. The number of H-pyrrole nitrogens is 1. The summed E-state index contributed by atoms with van der Waals surface area (Å²) in [4.78, 5) is 7.71. The number of aromatic nitrogens is 2. The molecule has 0 bridgehead atoms. The molecule has 2 unspecified atom stereocenters. The lowest BCUT2D eigenvalue weighted by Crippen LogP contribution is -2.31. The van der Waals surface area contributed by atoms with E-state index in [2.05, 4.69) is 16.0 Å². The molecule has 92 valence electrons. The number of aryl methyl sites for hydroxylation is 1. The zero-order valence-corrected chi connectivity index (χ0v) is 10.8. The zero-order chi connectivity index (χ0) is 12.4. The quantitative estimate of drug-likeness (QED) is 0.723. The minimum atomic E-state index is -0.0695. The molecule has 2 atom stereocenters. The van der Waals surface area contributed by atoms with E-state index in [-0.39, 0.29) is 17.9 Å². The third-order valence-electron chi connectivity index (χ3n) is 2.65. The summed E-state index contributed by atoms with van der Waals surface area (Å²) in [6, 6.07) is 6.02. The molecule has 0 aliphatic rings. The van der Waals surface area contributed by atoms with Crippen LogP contribution in [0.4, 0.5) is 0 Å². The Morgan fingerprint density at radius 2 is 2.29 bits per heavy atom. The van der Waals surface area contributed by atoms with Crippen LogP contribution in [0, 0.1) is 6.92 Å². The Hall–Kier alpha value is -1.04. The lowest BCUT2D eigenvalue weighted by Gasteiger charge is -2.15. The largest absolute Gasteiger partial charge is 0.395 e. The van der Waals surface area contributed by atoms with E-state index in [1.54, 1.807) is 0 Å². The van der Waals surface area contributed by atoms with Gasteiger partial charge in [0.25, 0.3) is 0 Å². The van der Waals surface area contributed by atoms with Crippen molar-refractivity contribution in [3.05, 3.63) is 23.8 Å². The predicted molar refractivity (Wildman–Crippen MR) is 71.2 cm³/mol. The Morgan fingerprint density at radius 1 is 1.53 bits per heavy atom. The van der Waals surface area contributed by atoms with Gasteiger partial charge in [-0.25, -0.2) is 4.98 Å². The first kappa shape index (κ1) is 12.4. The van der Waals surface area contributed by atoms with Crippen LogP contribution >= 0.6 is 11.8 Å². The summed E-state index contributed by atoms with van der Waals surface area (Å²) in [5.41, 5.74) is 8.95. The summed E-state index contributed by atoms with van der Waals surface area (Å²) in [6.07, 6.45) is 0. The van der Waals surface area contributed by atoms with Crippen molar-refractivity contribution >= 4 is 22.8 Å². The fourth-order valence-electron chi connectivity index (χ4n) is 1.61. The van der Waals surface area contributed by atoms with Crippen LogP contribution in [0.15, 0.2) is 23.4 Å². The molecule has 0 aliphatic carbocycles. The molecular formula is C12H17N3OS. The number of nitrogens with one attached hydrogen (secondary N) is 1. The highest BCUT2D eigenvalue weighted by Crippen LogP contribution is 2.25. The summed E-state index contributed by atoms with van der Waals surface area (Å²) in [5.74, 6) is 0. The number of rotatable bonds is 4. The topological polar surface area (TPSA) is 74.9 Å². The van der Waals surface area contributed by atoms with Crippen LogP contribution in [0.25, 0.3) is 11.0 Å². The second-order valence-corrected chi connectivity index (χ2v) is 5.49. The van der Waals surface area contributed by atoms with Crippen molar-refractivity contribution in [3.63, 3.8) is 0 Å². The normalized spacial score (nSPS) is 15.1. The first-order valence-electron chi connectivity index (χ1n) is 5.59. The minimum Gasteiger partial charge on any atom is -0.395 e. The van der Waals surface area contributed by atoms with E-state index in [0.717, 1.165) is 16.2 Å². The second-order valence-electron chi connectivity index (χ2n) is 4.26. The summed E-state index contributed by atoms with van der Waals surface area (Å²) < 4.78 is 0. The molecule has 1 aromatic carbocycles. The minimum absolute atomic E-state index is 0.0309. The number of nitrogens with zero attached hydrogens (tertiary/aromatic N) is 1. The summed E-state index contributed by atoms with van der Waals surface area (Å²) in [5, 5.41) is 10.0. The van der Waals surface area contributed by atoms with Crippen molar-refractivity contribution < 1.29 is 5.11 Å². The molecule has 1 aromatic heterocycles. The molecule has 4 N–H and O–H groups in total. The number of aliphatic hydroxyl groups excluding tert-OH is 1. The lowest BCUT2D eigenvalue weighted by atomic mass is 10.2. The highest BCUT2D eigenvalue weighted by atomic mass is 32.2. The zero-order valence-electron chi connectivity index (χ0n) is 9.97. The molecule has 0 aliphatic heterocycles. The van der Waals surface area contributed by atoms with E-state index >= 15 is 0 Å². The van der Waals surface area contributed by atoms with Crippen molar-refractivity contribution in [1.29, 1.82) is 0 Å². The molecule has 0 fully saturated rings. The third kappa shape index (κ3) is 2.80. The Bertz CT molecular complexity index is 509. The SMILES string of the molecule is Cc1ccc2nc(SC(CO)C(C)N)[nH]c2c1. The van der Waals surface area contributed by atoms with Gasteiger partial charge in [-0.2, -0.15) is 0 Å². The monoisotopic (exact) mass is 251 g/mol. The molecule has 0 saturated carbocycles. The van der Waals surface area contributed by atoms with E-state index in [4.69, 9.17) is 5.73 Å². The number of aliphatic hydroxyl groups is 1. The Kier molecular flexibility index (Phi) is 3.71. The van der Waals surface area contributed by atoms with Crippen LogP contribution in [0.1, 0.15) is 12.5 Å². The molecule has 2 aromatic rings. The molecule has 0 saturated heterocycles. The van der Waals surface area contributed by atoms with Gasteiger partial charge >= 0.3 is 0 Å². The molecule has 0 radical (unpaired) electrons. The van der Waals surface area contributed by atoms with Crippen LogP contribution in [0.2, 0.25) is 0 Å². The number of benzene rings is 1. The summed E-state index contributed by atoms with van der Waals surface area (Å²) >= 11 is 1.49. The first-order valence-corrected chi connectivity index (χ1v) is 6.47. The van der Waals surface area contributed by atoms with E-state index in [9.17, 15) is 5.11 Å². The molecule has 4 nitrogen and oxygen atoms in total. The molecule has 5 heteroatoms. The number of aromatic amines is 1. The average Bonchev–Trinajstić information content (AvgIpc) is 2.66. The Balaban J connectivity index is 2.24. The van der Waals surface area contributed by atoms with Gasteiger partial charge < -0.3 is 15.8 Å². The van der Waals surface area contributed by atoms with Gasteiger partial charge in [0, 0.05) is 6.04 Å². The van der Waals surface area contributed by atoms with Crippen molar-refractivity contribution in [2.75, 3.05) is 6.61 Å². The number of imidazole rings is 1. The van der Waals surface area contributed by atoms with E-state index < -0.39 is 0 Å². The number of thioether (sulfide) groups is 1. The van der Waals surface area contributed by atoms with E-state index in [0.29, 0.717) is 0 Å². The maximum absolute atomic E-state index is 9.23. The third-order valence-corrected chi connectivity index (χ3v) is 3.94. The van der Waals surface area contributed by atoms with Gasteiger partial charge in [0.05, 0.1) is 22.9 Å². The van der Waals surface area contributed by atoms with Crippen LogP contribution in [0.5, 0.6) is 0 Å². The molecule has 1 heterocycles. The Morgan fingerprint density at radius 3 is 2.94 bits per heavy atom. The van der Waals surface area contributed by atoms with Gasteiger partial charge in [0.2, 0.25) is 0 Å². The average molecular weight is 251 g/mol. The number of hydrogen-bond acceptors (Lipinski definition) is 4. The van der Waals surface area contributed by atoms with Crippen LogP contribution in [-0.2, 0) is 0 Å². The van der Waals surface area contributed by atoms with Crippen molar-refractivity contribution in [2.45, 2.75) is 30.3 Å². The van der Waals surface area contributed by atoms with E-state index in [1.807, 2.05) is 26.0 Å². The molecule has 0 amide bonds. The lowest BCUT2D eigenvalue weighted by molar-refractivity contribution is 0.285. The first-order chi connectivity index (χ1) is 8.10. The molecular weight excluding hydrogens is 234 g/mol. The van der Waals surface area contributed by atoms with Crippen molar-refractivity contribution in [2.24, 2.45) is 5.73 Å². The molecule has 0 spiro atoms. The highest BCUT2D eigenvalue weighted by Gasteiger charge is 2.16. The molecule has 17 heavy (non-hydrogen) atoms. The van der Waals surface area contributed by atoms with Crippen molar-refractivity contribution in [3.8, 4) is 0 Å². The number of fused-ring (bicyclic) bond motifs is 1. The maximum Gasteiger partial charge on any atom is 0.166 e. The standard InChI is InChI=1S/C12H17N3OS/c1-7-3-4-9-10(5-7)15-12(14-9)17-11(6-16)8(2)13/h3-5,8,11,16H,6,13H2,1-2H3,(H,14,15). The maximum atomic E-state index is 9.23. The number of nitrogens with two attached hydrogens (primary N) is 1. The van der Waals surface area contributed by atoms with Gasteiger partial charge in [-0.05, 0) is 31.5 Å².